The van der Waals surface area contributed by atoms with Gasteiger partial charge in [-0.1, -0.05) is 39.3 Å². The van der Waals surface area contributed by atoms with Crippen LogP contribution in [0.1, 0.15) is 86.5 Å². The van der Waals surface area contributed by atoms with Gasteiger partial charge >= 0.3 is 5.97 Å². The molecule has 31 heavy (non-hydrogen) atoms. The lowest BCUT2D eigenvalue weighted by Gasteiger charge is -2.61. The van der Waals surface area contributed by atoms with Crippen LogP contribution in [0.4, 0.5) is 0 Å². The number of hydrogen-bond acceptors (Lipinski definition) is 4. The number of rotatable bonds is 2. The van der Waals surface area contributed by atoms with Crippen LogP contribution in [0, 0.1) is 39.9 Å². The van der Waals surface area contributed by atoms with E-state index in [1.54, 1.807) is 12.5 Å². The number of allylic oxidation sites excluding steroid dienone is 1. The summed E-state index contributed by atoms with van der Waals surface area (Å²) in [7, 11) is 0. The van der Waals surface area contributed by atoms with E-state index in [0.29, 0.717) is 11.3 Å². The molecule has 5 rings (SSSR count). The quantitative estimate of drug-likeness (QED) is 0.404. The molecule has 3 saturated carbocycles. The van der Waals surface area contributed by atoms with Crippen molar-refractivity contribution < 1.29 is 19.0 Å². The maximum atomic E-state index is 11.7. The van der Waals surface area contributed by atoms with Gasteiger partial charge in [0, 0.05) is 18.3 Å². The monoisotopic (exact) mass is 430 g/mol. The molecule has 0 radical (unpaired) electrons. The molecule has 0 bridgehead atoms. The zero-order chi connectivity index (χ0) is 22.2. The van der Waals surface area contributed by atoms with Crippen molar-refractivity contribution in [3.63, 3.8) is 0 Å². The molecule has 5 unspecified atom stereocenters. The lowest BCUT2D eigenvalue weighted by atomic mass is 9.44. The van der Waals surface area contributed by atoms with E-state index in [2.05, 4.69) is 40.7 Å². The third kappa shape index (κ3) is 3.03. The third-order valence-electron chi connectivity index (χ3n) is 10.7. The summed E-state index contributed by atoms with van der Waals surface area (Å²) >= 11 is 0. The van der Waals surface area contributed by atoms with Gasteiger partial charge < -0.3 is 14.2 Å². The van der Waals surface area contributed by atoms with Gasteiger partial charge in [-0.05, 0) is 80.5 Å². The Labute approximate surface area is 188 Å². The van der Waals surface area contributed by atoms with Crippen LogP contribution in [0.3, 0.4) is 0 Å². The minimum Gasteiger partial charge on any atom is -0.462 e. The summed E-state index contributed by atoms with van der Waals surface area (Å²) in [6.07, 6.45) is 11.0. The van der Waals surface area contributed by atoms with Crippen molar-refractivity contribution in [3.8, 4) is 0 Å². The fourth-order valence-electron chi connectivity index (χ4n) is 9.38. The first-order chi connectivity index (χ1) is 14.5. The zero-order valence-corrected chi connectivity index (χ0v) is 20.5. The molecule has 0 amide bonds. The summed E-state index contributed by atoms with van der Waals surface area (Å²) in [5.41, 5.74) is 2.02. The second-order valence-corrected chi connectivity index (χ2v) is 12.4. The number of hydrogen-bond donors (Lipinski definition) is 0. The van der Waals surface area contributed by atoms with Crippen molar-refractivity contribution in [1.29, 1.82) is 0 Å². The Morgan fingerprint density at radius 2 is 1.68 bits per heavy atom. The fourth-order valence-corrected chi connectivity index (χ4v) is 9.38. The normalized spacial score (nSPS) is 47.7. The van der Waals surface area contributed by atoms with E-state index in [-0.39, 0.29) is 28.7 Å². The minimum absolute atomic E-state index is 0.00204. The van der Waals surface area contributed by atoms with Crippen molar-refractivity contribution in [2.24, 2.45) is 39.9 Å². The molecule has 4 fully saturated rings. The van der Waals surface area contributed by atoms with E-state index in [9.17, 15) is 4.79 Å². The first-order valence-electron chi connectivity index (χ1n) is 12.7. The molecule has 0 aromatic carbocycles. The first-order valence-corrected chi connectivity index (χ1v) is 12.7. The van der Waals surface area contributed by atoms with E-state index in [0.717, 1.165) is 43.8 Å². The largest absolute Gasteiger partial charge is 0.462 e. The molecule has 1 aliphatic heterocycles. The molecule has 1 heterocycles. The molecule has 0 spiro atoms. The van der Waals surface area contributed by atoms with E-state index >= 15 is 0 Å². The standard InChI is InChI=1S/C27H42O4/c1-17(28)31-23-12-14-25(4)20-11-13-26(5)19(18(20)7-9-21(25)24(23,2)3)8-10-22(26)27(6)29-15-16-30-27/h9,18-20,22-23H,7-8,10-16H2,1-6H3/t18?,19?,20?,22-,23?,25?,26-/m0/s1. The van der Waals surface area contributed by atoms with Crippen molar-refractivity contribution in [2.75, 3.05) is 13.2 Å². The molecule has 4 heteroatoms. The molecule has 7 atom stereocenters. The SMILES string of the molecule is CC(=O)OC1CCC2(C)C(=CCC3C2CC[C@@]2(C)C3CC[C@@H]2C2(C)OCCO2)C1(C)C. The number of ether oxygens (including phenoxy) is 3. The van der Waals surface area contributed by atoms with Crippen LogP contribution < -0.4 is 0 Å². The molecular formula is C27H42O4. The third-order valence-corrected chi connectivity index (χ3v) is 10.7. The second kappa shape index (κ2) is 7.06. The highest BCUT2D eigenvalue weighted by atomic mass is 16.7. The van der Waals surface area contributed by atoms with E-state index in [4.69, 9.17) is 14.2 Å². The number of carbonyl (C=O) groups excluding carboxylic acids is 1. The fraction of sp³-hybridized carbons (Fsp3) is 0.889. The summed E-state index contributed by atoms with van der Waals surface area (Å²) < 4.78 is 18.1. The highest BCUT2D eigenvalue weighted by Gasteiger charge is 2.64. The van der Waals surface area contributed by atoms with E-state index in [1.807, 2.05) is 0 Å². The number of esters is 1. The highest BCUT2D eigenvalue weighted by molar-refractivity contribution is 5.66. The predicted octanol–water partition coefficient (Wildman–Crippen LogP) is 5.90. The Hall–Kier alpha value is -0.870. The smallest absolute Gasteiger partial charge is 0.302 e. The van der Waals surface area contributed by atoms with Gasteiger partial charge in [-0.3, -0.25) is 4.79 Å². The van der Waals surface area contributed by atoms with Crippen LogP contribution in [-0.4, -0.2) is 31.1 Å². The first kappa shape index (κ1) is 21.9. The molecule has 174 valence electrons. The molecule has 4 nitrogen and oxygen atoms in total. The molecule has 4 aliphatic carbocycles. The summed E-state index contributed by atoms with van der Waals surface area (Å²) in [6.45, 7) is 14.9. The Morgan fingerprint density at radius 1 is 0.968 bits per heavy atom. The second-order valence-electron chi connectivity index (χ2n) is 12.4. The molecule has 0 N–H and O–H groups in total. The van der Waals surface area contributed by atoms with E-state index < -0.39 is 0 Å². The van der Waals surface area contributed by atoms with Gasteiger partial charge in [-0.15, -0.1) is 0 Å². The van der Waals surface area contributed by atoms with Crippen LogP contribution in [0.25, 0.3) is 0 Å². The zero-order valence-electron chi connectivity index (χ0n) is 20.5. The van der Waals surface area contributed by atoms with Gasteiger partial charge in [0.1, 0.15) is 6.10 Å². The Balaban J connectivity index is 1.44. The summed E-state index contributed by atoms with van der Waals surface area (Å²) in [6, 6.07) is 0. The maximum absolute atomic E-state index is 11.7. The van der Waals surface area contributed by atoms with Crippen molar-refractivity contribution in [2.45, 2.75) is 98.4 Å². The van der Waals surface area contributed by atoms with Crippen LogP contribution in [0.2, 0.25) is 0 Å². The minimum atomic E-state index is -0.389. The average molecular weight is 431 g/mol. The predicted molar refractivity (Wildman–Crippen MR) is 120 cm³/mol. The number of carbonyl (C=O) groups is 1. The summed E-state index contributed by atoms with van der Waals surface area (Å²) in [4.78, 5) is 11.7. The van der Waals surface area contributed by atoms with Crippen molar-refractivity contribution >= 4 is 5.97 Å². The highest BCUT2D eigenvalue weighted by Crippen LogP contribution is 2.69. The molecule has 1 saturated heterocycles. The lowest BCUT2D eigenvalue weighted by molar-refractivity contribution is -0.214. The van der Waals surface area contributed by atoms with Crippen LogP contribution in [-0.2, 0) is 19.0 Å². The van der Waals surface area contributed by atoms with E-state index in [1.165, 1.54) is 32.1 Å². The molecule has 5 aliphatic rings. The van der Waals surface area contributed by atoms with Crippen LogP contribution in [0.15, 0.2) is 11.6 Å². The van der Waals surface area contributed by atoms with Crippen LogP contribution in [0.5, 0.6) is 0 Å². The molecular weight excluding hydrogens is 388 g/mol. The average Bonchev–Trinajstić information content (AvgIpc) is 3.28. The van der Waals surface area contributed by atoms with Gasteiger partial charge in [0.15, 0.2) is 5.79 Å². The van der Waals surface area contributed by atoms with Gasteiger partial charge in [0.05, 0.1) is 13.2 Å². The van der Waals surface area contributed by atoms with Gasteiger partial charge in [-0.2, -0.15) is 0 Å². The van der Waals surface area contributed by atoms with Gasteiger partial charge in [0.2, 0.25) is 0 Å². The summed E-state index contributed by atoms with van der Waals surface area (Å²) in [5, 5.41) is 0. The van der Waals surface area contributed by atoms with Gasteiger partial charge in [-0.25, -0.2) is 0 Å². The Morgan fingerprint density at radius 3 is 2.35 bits per heavy atom. The molecule has 0 aromatic heterocycles. The van der Waals surface area contributed by atoms with Gasteiger partial charge in [0.25, 0.3) is 0 Å². The molecule has 0 aromatic rings. The lowest BCUT2D eigenvalue weighted by Crippen LogP contribution is -2.56. The maximum Gasteiger partial charge on any atom is 0.302 e. The topological polar surface area (TPSA) is 44.8 Å². The Kier molecular flexibility index (Phi) is 5.00. The van der Waals surface area contributed by atoms with Crippen molar-refractivity contribution in [3.05, 3.63) is 11.6 Å². The van der Waals surface area contributed by atoms with Crippen LogP contribution >= 0.6 is 0 Å². The Bertz CT molecular complexity index is 778. The van der Waals surface area contributed by atoms with Crippen molar-refractivity contribution in [1.82, 2.24) is 0 Å². The number of fused-ring (bicyclic) bond motifs is 5. The summed E-state index contributed by atoms with van der Waals surface area (Å²) in [5.74, 6) is 2.21.